The van der Waals surface area contributed by atoms with Crippen LogP contribution in [0.2, 0.25) is 0 Å². The standard InChI is InChI=1S/C19H23NO/c1-14-7-9-15(10-8-14)18(20-2)13-16-11-12-21-19-6-4-3-5-17(16)19/h3-10,16,18,20H,11-13H2,1-2H3. The van der Waals surface area contributed by atoms with E-state index in [1.54, 1.807) is 0 Å². The van der Waals surface area contributed by atoms with Gasteiger partial charge in [0.25, 0.3) is 0 Å². The summed E-state index contributed by atoms with van der Waals surface area (Å²) in [4.78, 5) is 0. The third-order valence-electron chi connectivity index (χ3n) is 4.43. The number of para-hydroxylation sites is 1. The molecule has 0 bridgehead atoms. The van der Waals surface area contributed by atoms with E-state index in [0.29, 0.717) is 12.0 Å². The molecule has 2 nitrogen and oxygen atoms in total. The van der Waals surface area contributed by atoms with Crippen LogP contribution < -0.4 is 10.1 Å². The van der Waals surface area contributed by atoms with Gasteiger partial charge in [-0.3, -0.25) is 0 Å². The first-order chi connectivity index (χ1) is 10.3. The second kappa shape index (κ2) is 6.31. The number of rotatable bonds is 4. The van der Waals surface area contributed by atoms with Crippen LogP contribution in [0.5, 0.6) is 5.75 Å². The first-order valence-corrected chi connectivity index (χ1v) is 7.73. The SMILES string of the molecule is CNC(CC1CCOc2ccccc21)c1ccc(C)cc1. The highest BCUT2D eigenvalue weighted by atomic mass is 16.5. The highest BCUT2D eigenvalue weighted by Crippen LogP contribution is 2.38. The lowest BCUT2D eigenvalue weighted by molar-refractivity contribution is 0.256. The van der Waals surface area contributed by atoms with Crippen LogP contribution in [0.3, 0.4) is 0 Å². The van der Waals surface area contributed by atoms with Crippen molar-refractivity contribution in [3.05, 3.63) is 65.2 Å². The largest absolute Gasteiger partial charge is 0.493 e. The minimum atomic E-state index is 0.391. The van der Waals surface area contributed by atoms with Gasteiger partial charge in [-0.05, 0) is 49.9 Å². The lowest BCUT2D eigenvalue weighted by atomic mass is 9.85. The molecule has 0 aliphatic carbocycles. The van der Waals surface area contributed by atoms with Crippen molar-refractivity contribution in [2.45, 2.75) is 31.7 Å². The summed E-state index contributed by atoms with van der Waals surface area (Å²) in [5.74, 6) is 1.63. The molecule has 2 unspecified atom stereocenters. The summed E-state index contributed by atoms with van der Waals surface area (Å²) >= 11 is 0. The highest BCUT2D eigenvalue weighted by molar-refractivity contribution is 5.38. The molecule has 0 fully saturated rings. The monoisotopic (exact) mass is 281 g/mol. The van der Waals surface area contributed by atoms with Gasteiger partial charge in [0.15, 0.2) is 0 Å². The van der Waals surface area contributed by atoms with E-state index < -0.39 is 0 Å². The van der Waals surface area contributed by atoms with Gasteiger partial charge < -0.3 is 10.1 Å². The quantitative estimate of drug-likeness (QED) is 0.906. The van der Waals surface area contributed by atoms with Crippen molar-refractivity contribution in [2.24, 2.45) is 0 Å². The summed E-state index contributed by atoms with van der Waals surface area (Å²) < 4.78 is 5.77. The Morgan fingerprint density at radius 3 is 2.67 bits per heavy atom. The Bertz CT molecular complexity index is 591. The number of hydrogen-bond donors (Lipinski definition) is 1. The molecule has 0 amide bonds. The van der Waals surface area contributed by atoms with E-state index in [9.17, 15) is 0 Å². The maximum atomic E-state index is 5.77. The molecule has 3 rings (SSSR count). The number of fused-ring (bicyclic) bond motifs is 1. The van der Waals surface area contributed by atoms with E-state index in [2.05, 4.69) is 67.8 Å². The second-order valence-electron chi connectivity index (χ2n) is 5.86. The molecule has 0 spiro atoms. The van der Waals surface area contributed by atoms with E-state index in [0.717, 1.165) is 25.2 Å². The van der Waals surface area contributed by atoms with Crippen molar-refractivity contribution < 1.29 is 4.74 Å². The zero-order valence-electron chi connectivity index (χ0n) is 12.8. The van der Waals surface area contributed by atoms with Crippen LogP contribution in [0.1, 0.15) is 41.5 Å². The molecule has 0 saturated carbocycles. The van der Waals surface area contributed by atoms with Gasteiger partial charge in [0.1, 0.15) is 5.75 Å². The van der Waals surface area contributed by atoms with Crippen molar-refractivity contribution in [3.63, 3.8) is 0 Å². The summed E-state index contributed by atoms with van der Waals surface area (Å²) in [6.07, 6.45) is 2.21. The van der Waals surface area contributed by atoms with Crippen molar-refractivity contribution in [3.8, 4) is 5.75 Å². The molecule has 0 radical (unpaired) electrons. The smallest absolute Gasteiger partial charge is 0.122 e. The molecule has 1 aliphatic heterocycles. The maximum absolute atomic E-state index is 5.77. The Balaban J connectivity index is 1.80. The van der Waals surface area contributed by atoms with Gasteiger partial charge in [-0.15, -0.1) is 0 Å². The summed E-state index contributed by atoms with van der Waals surface area (Å²) in [5.41, 5.74) is 4.04. The first-order valence-electron chi connectivity index (χ1n) is 7.73. The molecule has 2 atom stereocenters. The molecule has 1 heterocycles. The number of ether oxygens (including phenoxy) is 1. The molecule has 0 aromatic heterocycles. The molecular formula is C19H23NO. The number of nitrogens with one attached hydrogen (secondary N) is 1. The zero-order valence-corrected chi connectivity index (χ0v) is 12.8. The molecular weight excluding hydrogens is 258 g/mol. The minimum absolute atomic E-state index is 0.391. The molecule has 2 aromatic carbocycles. The third-order valence-corrected chi connectivity index (χ3v) is 4.43. The zero-order chi connectivity index (χ0) is 14.7. The van der Waals surface area contributed by atoms with E-state index in [1.165, 1.54) is 16.7 Å². The normalized spacial score (nSPS) is 18.7. The molecule has 0 saturated heterocycles. The predicted octanol–water partition coefficient (Wildman–Crippen LogP) is 4.21. The molecule has 110 valence electrons. The van der Waals surface area contributed by atoms with Crippen molar-refractivity contribution in [1.29, 1.82) is 0 Å². The third kappa shape index (κ3) is 3.11. The summed E-state index contributed by atoms with van der Waals surface area (Å²) in [6.45, 7) is 2.96. The fourth-order valence-corrected chi connectivity index (χ4v) is 3.16. The van der Waals surface area contributed by atoms with Gasteiger partial charge in [-0.1, -0.05) is 48.0 Å². The molecule has 21 heavy (non-hydrogen) atoms. The van der Waals surface area contributed by atoms with Crippen LogP contribution in [-0.2, 0) is 0 Å². The summed E-state index contributed by atoms with van der Waals surface area (Å²) in [7, 11) is 2.05. The lowest BCUT2D eigenvalue weighted by Crippen LogP contribution is -2.22. The topological polar surface area (TPSA) is 21.3 Å². The van der Waals surface area contributed by atoms with Gasteiger partial charge in [-0.25, -0.2) is 0 Å². The molecule has 2 aromatic rings. The van der Waals surface area contributed by atoms with Crippen LogP contribution in [-0.4, -0.2) is 13.7 Å². The van der Waals surface area contributed by atoms with Gasteiger partial charge in [0, 0.05) is 6.04 Å². The maximum Gasteiger partial charge on any atom is 0.122 e. The lowest BCUT2D eigenvalue weighted by Gasteiger charge is -2.29. The summed E-state index contributed by atoms with van der Waals surface area (Å²) in [6, 6.07) is 17.7. The van der Waals surface area contributed by atoms with Crippen LogP contribution >= 0.6 is 0 Å². The number of benzene rings is 2. The fourth-order valence-electron chi connectivity index (χ4n) is 3.16. The Morgan fingerprint density at radius 2 is 1.90 bits per heavy atom. The van der Waals surface area contributed by atoms with E-state index in [-0.39, 0.29) is 0 Å². The minimum Gasteiger partial charge on any atom is -0.493 e. The number of aryl methyl sites for hydroxylation is 1. The average molecular weight is 281 g/mol. The van der Waals surface area contributed by atoms with Crippen LogP contribution in [0.4, 0.5) is 0 Å². The fraction of sp³-hybridized carbons (Fsp3) is 0.368. The Kier molecular flexibility index (Phi) is 4.26. The van der Waals surface area contributed by atoms with E-state index >= 15 is 0 Å². The van der Waals surface area contributed by atoms with Gasteiger partial charge in [0.05, 0.1) is 6.61 Å². The molecule has 1 aliphatic rings. The van der Waals surface area contributed by atoms with E-state index in [4.69, 9.17) is 4.74 Å². The van der Waals surface area contributed by atoms with Crippen molar-refractivity contribution in [1.82, 2.24) is 5.32 Å². The Hall–Kier alpha value is -1.80. The van der Waals surface area contributed by atoms with Gasteiger partial charge in [0.2, 0.25) is 0 Å². The van der Waals surface area contributed by atoms with Crippen LogP contribution in [0, 0.1) is 6.92 Å². The van der Waals surface area contributed by atoms with Crippen LogP contribution in [0.25, 0.3) is 0 Å². The second-order valence-corrected chi connectivity index (χ2v) is 5.86. The van der Waals surface area contributed by atoms with Crippen LogP contribution in [0.15, 0.2) is 48.5 Å². The summed E-state index contributed by atoms with van der Waals surface area (Å²) in [5, 5.41) is 3.48. The van der Waals surface area contributed by atoms with Crippen molar-refractivity contribution in [2.75, 3.05) is 13.7 Å². The number of hydrogen-bond acceptors (Lipinski definition) is 2. The van der Waals surface area contributed by atoms with Crippen molar-refractivity contribution >= 4 is 0 Å². The molecule has 1 N–H and O–H groups in total. The van der Waals surface area contributed by atoms with Gasteiger partial charge in [-0.2, -0.15) is 0 Å². The Labute approximate surface area is 127 Å². The predicted molar refractivity (Wildman–Crippen MR) is 86.9 cm³/mol. The Morgan fingerprint density at radius 1 is 1.14 bits per heavy atom. The highest BCUT2D eigenvalue weighted by Gasteiger charge is 2.24. The average Bonchev–Trinajstić information content (AvgIpc) is 2.54. The van der Waals surface area contributed by atoms with Gasteiger partial charge >= 0.3 is 0 Å². The molecule has 2 heteroatoms. The first kappa shape index (κ1) is 14.2. The van der Waals surface area contributed by atoms with E-state index in [1.807, 2.05) is 0 Å².